The van der Waals surface area contributed by atoms with Crippen LogP contribution >= 0.6 is 0 Å². The van der Waals surface area contributed by atoms with Crippen LogP contribution in [0.25, 0.3) is 0 Å². The molecule has 1 aliphatic rings. The molecule has 0 aromatic heterocycles. The zero-order chi connectivity index (χ0) is 21.6. The lowest BCUT2D eigenvalue weighted by atomic mass is 10.1. The standard InChI is InChI=1S/C20H19F2N3O4S/c21-20(22)29-18-4-6-19(7-5-18)30(26,27)25-10-8-17(9-11-25)24-28-14-16-3-1-2-15(12-16)13-23/h1-7,12,20H,8-11,14H2. The number of hydrogen-bond donors (Lipinski definition) is 0. The molecule has 1 fully saturated rings. The van der Waals surface area contributed by atoms with Gasteiger partial charge in [0, 0.05) is 25.9 Å². The van der Waals surface area contributed by atoms with E-state index in [4.69, 9.17) is 10.1 Å². The van der Waals surface area contributed by atoms with E-state index in [1.165, 1.54) is 28.6 Å². The highest BCUT2D eigenvalue weighted by Gasteiger charge is 2.28. The summed E-state index contributed by atoms with van der Waals surface area (Å²) in [6.45, 7) is -2.27. The minimum Gasteiger partial charge on any atom is -0.435 e. The number of alkyl halides is 2. The number of piperidine rings is 1. The Kier molecular flexibility index (Phi) is 6.97. The lowest BCUT2D eigenvalue weighted by Crippen LogP contribution is -2.38. The molecule has 1 aliphatic heterocycles. The first kappa shape index (κ1) is 21.7. The molecule has 0 bridgehead atoms. The lowest BCUT2D eigenvalue weighted by molar-refractivity contribution is -0.0498. The summed E-state index contributed by atoms with van der Waals surface area (Å²) in [7, 11) is -3.74. The van der Waals surface area contributed by atoms with Crippen LogP contribution in [-0.4, -0.2) is 38.1 Å². The Morgan fingerprint density at radius 2 is 1.83 bits per heavy atom. The molecular formula is C20H19F2N3O4S. The quantitative estimate of drug-likeness (QED) is 0.621. The molecule has 2 aromatic carbocycles. The normalized spacial score (nSPS) is 14.9. The number of ether oxygens (including phenoxy) is 1. The van der Waals surface area contributed by atoms with Crippen molar-refractivity contribution in [2.45, 2.75) is 31.0 Å². The highest BCUT2D eigenvalue weighted by atomic mass is 32.2. The zero-order valence-corrected chi connectivity index (χ0v) is 16.7. The molecule has 1 saturated heterocycles. The van der Waals surface area contributed by atoms with Gasteiger partial charge < -0.3 is 9.57 Å². The second-order valence-electron chi connectivity index (χ2n) is 6.50. The van der Waals surface area contributed by atoms with Crippen molar-refractivity contribution in [3.05, 3.63) is 59.7 Å². The fraction of sp³-hybridized carbons (Fsp3) is 0.300. The predicted molar refractivity (Wildman–Crippen MR) is 104 cm³/mol. The average Bonchev–Trinajstić information content (AvgIpc) is 2.74. The van der Waals surface area contributed by atoms with Crippen LogP contribution in [0.4, 0.5) is 8.78 Å². The highest BCUT2D eigenvalue weighted by molar-refractivity contribution is 7.89. The van der Waals surface area contributed by atoms with Gasteiger partial charge >= 0.3 is 6.61 Å². The van der Waals surface area contributed by atoms with E-state index >= 15 is 0 Å². The first-order valence-corrected chi connectivity index (χ1v) is 10.5. The van der Waals surface area contributed by atoms with Gasteiger partial charge in [0.2, 0.25) is 10.0 Å². The number of nitriles is 1. The number of halogens is 2. The number of rotatable bonds is 7. The molecule has 0 atom stereocenters. The molecule has 0 unspecified atom stereocenters. The summed E-state index contributed by atoms with van der Waals surface area (Å²) in [5.41, 5.74) is 2.10. The number of benzene rings is 2. The third-order valence-corrected chi connectivity index (χ3v) is 6.38. The minimum atomic E-state index is -3.74. The monoisotopic (exact) mass is 435 g/mol. The van der Waals surface area contributed by atoms with E-state index in [0.29, 0.717) is 18.4 Å². The maximum Gasteiger partial charge on any atom is 0.387 e. The third kappa shape index (κ3) is 5.52. The molecule has 0 amide bonds. The molecule has 158 valence electrons. The van der Waals surface area contributed by atoms with Crippen LogP contribution in [0.1, 0.15) is 24.0 Å². The fourth-order valence-electron chi connectivity index (χ4n) is 2.95. The molecule has 0 N–H and O–H groups in total. The second kappa shape index (κ2) is 9.65. The van der Waals surface area contributed by atoms with Crippen LogP contribution in [0.2, 0.25) is 0 Å². The van der Waals surface area contributed by atoms with Crippen molar-refractivity contribution < 1.29 is 26.8 Å². The van der Waals surface area contributed by atoms with Crippen LogP contribution < -0.4 is 4.74 Å². The smallest absolute Gasteiger partial charge is 0.387 e. The van der Waals surface area contributed by atoms with Crippen LogP contribution in [-0.2, 0) is 21.5 Å². The van der Waals surface area contributed by atoms with E-state index in [9.17, 15) is 17.2 Å². The molecule has 0 aliphatic carbocycles. The number of hydrogen-bond acceptors (Lipinski definition) is 6. The number of sulfonamides is 1. The van der Waals surface area contributed by atoms with Gasteiger partial charge in [-0.2, -0.15) is 18.3 Å². The maximum absolute atomic E-state index is 12.7. The summed E-state index contributed by atoms with van der Waals surface area (Å²) in [5, 5.41) is 13.0. The van der Waals surface area contributed by atoms with Gasteiger partial charge in [0.05, 0.1) is 22.2 Å². The zero-order valence-electron chi connectivity index (χ0n) is 15.9. The summed E-state index contributed by atoms with van der Waals surface area (Å²) in [6.07, 6.45) is 0.841. The Hall–Kier alpha value is -3.03. The van der Waals surface area contributed by atoms with Crippen molar-refractivity contribution in [3.8, 4) is 11.8 Å². The van der Waals surface area contributed by atoms with Crippen molar-refractivity contribution in [3.63, 3.8) is 0 Å². The highest BCUT2D eigenvalue weighted by Crippen LogP contribution is 2.23. The maximum atomic E-state index is 12.7. The SMILES string of the molecule is N#Cc1cccc(CON=C2CCN(S(=O)(=O)c3ccc(OC(F)F)cc3)CC2)c1. The van der Waals surface area contributed by atoms with Crippen LogP contribution in [0.3, 0.4) is 0 Å². The van der Waals surface area contributed by atoms with Gasteiger partial charge in [0.25, 0.3) is 0 Å². The molecule has 0 radical (unpaired) electrons. The Balaban J connectivity index is 1.55. The summed E-state index contributed by atoms with van der Waals surface area (Å²) >= 11 is 0. The van der Waals surface area contributed by atoms with Crippen molar-refractivity contribution in [1.82, 2.24) is 4.31 Å². The molecule has 0 saturated carbocycles. The van der Waals surface area contributed by atoms with E-state index in [2.05, 4.69) is 16.0 Å². The fourth-order valence-corrected chi connectivity index (χ4v) is 4.39. The van der Waals surface area contributed by atoms with Crippen LogP contribution in [0, 0.1) is 11.3 Å². The van der Waals surface area contributed by atoms with E-state index < -0.39 is 16.6 Å². The van der Waals surface area contributed by atoms with Crippen molar-refractivity contribution in [2.24, 2.45) is 5.16 Å². The third-order valence-electron chi connectivity index (χ3n) is 4.47. The van der Waals surface area contributed by atoms with E-state index in [1.807, 2.05) is 6.07 Å². The predicted octanol–water partition coefficient (Wildman–Crippen LogP) is 3.52. The van der Waals surface area contributed by atoms with Gasteiger partial charge in [0.15, 0.2) is 0 Å². The van der Waals surface area contributed by atoms with Gasteiger partial charge in [-0.15, -0.1) is 0 Å². The molecule has 3 rings (SSSR count). The van der Waals surface area contributed by atoms with Gasteiger partial charge in [-0.25, -0.2) is 8.42 Å². The van der Waals surface area contributed by atoms with Crippen LogP contribution in [0.5, 0.6) is 5.75 Å². The summed E-state index contributed by atoms with van der Waals surface area (Å²) in [4.78, 5) is 5.36. The second-order valence-corrected chi connectivity index (χ2v) is 8.44. The number of oxime groups is 1. The van der Waals surface area contributed by atoms with E-state index in [-0.39, 0.29) is 30.3 Å². The lowest BCUT2D eigenvalue weighted by Gasteiger charge is -2.26. The minimum absolute atomic E-state index is 0.0122. The van der Waals surface area contributed by atoms with E-state index in [0.717, 1.165) is 11.3 Å². The molecule has 1 heterocycles. The molecule has 7 nitrogen and oxygen atoms in total. The Morgan fingerprint density at radius 3 is 2.47 bits per heavy atom. The molecule has 10 heteroatoms. The van der Waals surface area contributed by atoms with Gasteiger partial charge in [-0.05, 0) is 42.0 Å². The summed E-state index contributed by atoms with van der Waals surface area (Å²) < 4.78 is 55.5. The van der Waals surface area contributed by atoms with Gasteiger partial charge in [-0.3, -0.25) is 0 Å². The van der Waals surface area contributed by atoms with E-state index in [1.54, 1.807) is 18.2 Å². The number of nitrogens with zero attached hydrogens (tertiary/aromatic N) is 3. The summed E-state index contributed by atoms with van der Waals surface area (Å²) in [6, 6.07) is 14.0. The Morgan fingerprint density at radius 1 is 1.13 bits per heavy atom. The molecule has 2 aromatic rings. The van der Waals surface area contributed by atoms with Crippen LogP contribution in [0.15, 0.2) is 58.6 Å². The van der Waals surface area contributed by atoms with Gasteiger partial charge in [0.1, 0.15) is 12.4 Å². The Labute approximate surface area is 173 Å². The molecule has 30 heavy (non-hydrogen) atoms. The summed E-state index contributed by atoms with van der Waals surface area (Å²) in [5.74, 6) is -0.102. The topological polar surface area (TPSA) is 92.0 Å². The van der Waals surface area contributed by atoms with Crippen molar-refractivity contribution in [2.75, 3.05) is 13.1 Å². The molecular weight excluding hydrogens is 416 g/mol. The first-order valence-electron chi connectivity index (χ1n) is 9.10. The molecule has 0 spiro atoms. The first-order chi connectivity index (χ1) is 14.4. The Bertz CT molecular complexity index is 1040. The van der Waals surface area contributed by atoms with Gasteiger partial charge in [-0.1, -0.05) is 17.3 Å². The van der Waals surface area contributed by atoms with Crippen molar-refractivity contribution >= 4 is 15.7 Å². The largest absolute Gasteiger partial charge is 0.435 e. The average molecular weight is 435 g/mol. The van der Waals surface area contributed by atoms with Crippen molar-refractivity contribution in [1.29, 1.82) is 5.26 Å².